The zero-order chi connectivity index (χ0) is 20.5. The number of nitrogens with two attached hydrogens (primary N) is 1. The molecule has 1 aromatic rings. The minimum Gasteiger partial charge on any atom is -0.462 e. The lowest BCUT2D eigenvalue weighted by molar-refractivity contribution is -0.132. The molecule has 0 spiro atoms. The Bertz CT molecular complexity index is 777. The van der Waals surface area contributed by atoms with E-state index in [9.17, 15) is 9.59 Å². The zero-order valence-electron chi connectivity index (χ0n) is 17.1. The van der Waals surface area contributed by atoms with E-state index in [-0.39, 0.29) is 30.6 Å². The van der Waals surface area contributed by atoms with E-state index in [1.807, 2.05) is 26.8 Å². The van der Waals surface area contributed by atoms with E-state index in [1.165, 1.54) is 0 Å². The van der Waals surface area contributed by atoms with Gasteiger partial charge in [0.05, 0.1) is 30.2 Å². The van der Waals surface area contributed by atoms with E-state index in [0.29, 0.717) is 43.7 Å². The Labute approximate surface area is 165 Å². The van der Waals surface area contributed by atoms with E-state index in [2.05, 4.69) is 5.32 Å². The highest BCUT2D eigenvalue weighted by Crippen LogP contribution is 2.43. The molecular formula is C21H30N2O5. The Morgan fingerprint density at radius 1 is 1.36 bits per heavy atom. The van der Waals surface area contributed by atoms with Crippen LogP contribution in [0.25, 0.3) is 0 Å². The van der Waals surface area contributed by atoms with Crippen molar-refractivity contribution in [2.75, 3.05) is 32.9 Å². The molecule has 2 atom stereocenters. The lowest BCUT2D eigenvalue weighted by Crippen LogP contribution is -2.48. The number of hydrogen-bond acceptors (Lipinski definition) is 6. The van der Waals surface area contributed by atoms with Crippen molar-refractivity contribution < 1.29 is 23.8 Å². The molecule has 7 heteroatoms. The number of hydrogen-bond donors (Lipinski definition) is 2. The fourth-order valence-electron chi connectivity index (χ4n) is 4.03. The summed E-state index contributed by atoms with van der Waals surface area (Å²) >= 11 is 0. The first-order valence-corrected chi connectivity index (χ1v) is 9.74. The number of esters is 1. The van der Waals surface area contributed by atoms with Crippen LogP contribution in [0.3, 0.4) is 0 Å². The quantitative estimate of drug-likeness (QED) is 0.319. The predicted octanol–water partition coefficient (Wildman–Crippen LogP) is 1.85. The van der Waals surface area contributed by atoms with Gasteiger partial charge in [0.1, 0.15) is 6.79 Å². The lowest BCUT2D eigenvalue weighted by Gasteiger charge is -2.29. The predicted molar refractivity (Wildman–Crippen MR) is 105 cm³/mol. The molecule has 0 saturated carbocycles. The molecule has 2 aliphatic rings. The molecule has 154 valence electrons. The van der Waals surface area contributed by atoms with Crippen LogP contribution in [0, 0.1) is 11.3 Å². The summed E-state index contributed by atoms with van der Waals surface area (Å²) < 4.78 is 15.5. The molecule has 0 fully saturated rings. The number of carbonyl (C=O) groups is 2. The van der Waals surface area contributed by atoms with Gasteiger partial charge in [0, 0.05) is 19.2 Å². The molecule has 3 rings (SSSR count). The van der Waals surface area contributed by atoms with Gasteiger partial charge in [-0.25, -0.2) is 4.79 Å². The van der Waals surface area contributed by atoms with E-state index in [4.69, 9.17) is 19.9 Å². The van der Waals surface area contributed by atoms with Crippen LogP contribution in [0.5, 0.6) is 0 Å². The minimum atomic E-state index is -0.612. The summed E-state index contributed by atoms with van der Waals surface area (Å²) in [6, 6.07) is 1.92. The van der Waals surface area contributed by atoms with Gasteiger partial charge in [0.25, 0.3) is 0 Å². The van der Waals surface area contributed by atoms with Crippen molar-refractivity contribution in [3.8, 4) is 0 Å². The normalized spacial score (nSPS) is 21.8. The molecule has 1 amide bonds. The van der Waals surface area contributed by atoms with E-state index in [0.717, 1.165) is 16.7 Å². The number of amides is 1. The average molecular weight is 390 g/mol. The summed E-state index contributed by atoms with van der Waals surface area (Å²) in [5.41, 5.74) is 9.54. The highest BCUT2D eigenvalue weighted by atomic mass is 16.7. The molecule has 1 aliphatic carbocycles. The third-order valence-corrected chi connectivity index (χ3v) is 5.78. The van der Waals surface area contributed by atoms with E-state index in [1.54, 1.807) is 7.11 Å². The fraction of sp³-hybridized carbons (Fsp3) is 0.619. The van der Waals surface area contributed by atoms with Gasteiger partial charge in [-0.3, -0.25) is 4.79 Å². The van der Waals surface area contributed by atoms with Crippen LogP contribution >= 0.6 is 0 Å². The van der Waals surface area contributed by atoms with Gasteiger partial charge in [0.15, 0.2) is 0 Å². The van der Waals surface area contributed by atoms with E-state index >= 15 is 0 Å². The van der Waals surface area contributed by atoms with Crippen LogP contribution in [0.2, 0.25) is 0 Å². The molecule has 0 saturated heterocycles. The molecule has 0 radical (unpaired) electrons. The third-order valence-electron chi connectivity index (χ3n) is 5.78. The van der Waals surface area contributed by atoms with E-state index < -0.39 is 5.41 Å². The molecule has 1 heterocycles. The van der Waals surface area contributed by atoms with Crippen LogP contribution in [-0.4, -0.2) is 45.0 Å². The van der Waals surface area contributed by atoms with Crippen molar-refractivity contribution in [2.45, 2.75) is 46.1 Å². The second kappa shape index (κ2) is 8.09. The summed E-state index contributed by atoms with van der Waals surface area (Å²) in [6.45, 7) is 7.00. The maximum Gasteiger partial charge on any atom is 0.340 e. The molecule has 0 aromatic heterocycles. The lowest BCUT2D eigenvalue weighted by atomic mass is 9.85. The van der Waals surface area contributed by atoms with Gasteiger partial charge in [-0.1, -0.05) is 26.8 Å². The largest absolute Gasteiger partial charge is 0.462 e. The molecule has 7 nitrogen and oxygen atoms in total. The van der Waals surface area contributed by atoms with Crippen LogP contribution in [0.1, 0.15) is 47.8 Å². The number of benzene rings is 1. The Morgan fingerprint density at radius 3 is 2.79 bits per heavy atom. The summed E-state index contributed by atoms with van der Waals surface area (Å²) in [5.74, 6) is -0.168. The van der Waals surface area contributed by atoms with Crippen molar-refractivity contribution in [2.24, 2.45) is 11.3 Å². The van der Waals surface area contributed by atoms with Crippen LogP contribution in [0.4, 0.5) is 5.69 Å². The number of nitrogen functional groups attached to an aromatic ring is 1. The summed E-state index contributed by atoms with van der Waals surface area (Å²) in [5, 5.41) is 3.14. The third kappa shape index (κ3) is 3.86. The maximum atomic E-state index is 13.1. The summed E-state index contributed by atoms with van der Waals surface area (Å²) in [4.78, 5) is 25.3. The first-order valence-electron chi connectivity index (χ1n) is 9.74. The average Bonchev–Trinajstić information content (AvgIpc) is 2.99. The van der Waals surface area contributed by atoms with Gasteiger partial charge in [0.2, 0.25) is 5.91 Å². The zero-order valence-corrected chi connectivity index (χ0v) is 17.1. The topological polar surface area (TPSA) is 99.9 Å². The smallest absolute Gasteiger partial charge is 0.340 e. The van der Waals surface area contributed by atoms with Crippen LogP contribution < -0.4 is 11.1 Å². The van der Waals surface area contributed by atoms with Crippen molar-refractivity contribution in [1.82, 2.24) is 5.32 Å². The van der Waals surface area contributed by atoms with Crippen molar-refractivity contribution in [3.63, 3.8) is 0 Å². The number of fused-ring (bicyclic) bond motifs is 2. The number of ether oxygens (including phenoxy) is 3. The summed E-state index contributed by atoms with van der Waals surface area (Å²) in [6.07, 6.45) is 1.77. The standard InChI is InChI=1S/C21H30N2O5/c1-12(2)16(10-27-11-26-4)23-20(25)21(3)8-14-7-13-5-6-28-19(24)17(13)18(22)15(14)9-21/h7,12,16H,5-6,8-11,22H2,1-4H3,(H,23,25)/t16-,21+/m1/s1. The number of carbonyl (C=O) groups excluding carboxylic acids is 2. The molecule has 3 N–H and O–H groups in total. The Balaban J connectivity index is 1.78. The van der Waals surface area contributed by atoms with Crippen molar-refractivity contribution in [1.29, 1.82) is 0 Å². The van der Waals surface area contributed by atoms with Crippen molar-refractivity contribution in [3.05, 3.63) is 28.3 Å². The SMILES string of the molecule is COCOC[C@@H](NC(=O)[C@@]1(C)Cc2cc3c(c(N)c2C1)C(=O)OCC3)C(C)C. The Morgan fingerprint density at radius 2 is 2.11 bits per heavy atom. The first-order chi connectivity index (χ1) is 13.3. The van der Waals surface area contributed by atoms with Crippen LogP contribution in [-0.2, 0) is 38.3 Å². The maximum absolute atomic E-state index is 13.1. The van der Waals surface area contributed by atoms with Crippen molar-refractivity contribution >= 4 is 17.6 Å². The van der Waals surface area contributed by atoms with Gasteiger partial charge < -0.3 is 25.3 Å². The highest BCUT2D eigenvalue weighted by Gasteiger charge is 2.43. The highest BCUT2D eigenvalue weighted by molar-refractivity contribution is 5.99. The second-order valence-corrected chi connectivity index (χ2v) is 8.36. The molecular weight excluding hydrogens is 360 g/mol. The van der Waals surface area contributed by atoms with Gasteiger partial charge >= 0.3 is 5.97 Å². The monoisotopic (exact) mass is 390 g/mol. The number of cyclic esters (lactones) is 1. The molecule has 0 unspecified atom stereocenters. The summed E-state index contributed by atoms with van der Waals surface area (Å²) in [7, 11) is 1.57. The van der Waals surface area contributed by atoms with Gasteiger partial charge in [-0.15, -0.1) is 0 Å². The molecule has 0 bridgehead atoms. The molecule has 1 aromatic carbocycles. The minimum absolute atomic E-state index is 0.0247. The Kier molecular flexibility index (Phi) is 5.95. The number of anilines is 1. The first kappa shape index (κ1) is 20.6. The number of nitrogens with one attached hydrogen (secondary N) is 1. The van der Waals surface area contributed by atoms with Crippen LogP contribution in [0.15, 0.2) is 6.07 Å². The number of methoxy groups -OCH3 is 1. The fourth-order valence-corrected chi connectivity index (χ4v) is 4.03. The molecule has 28 heavy (non-hydrogen) atoms. The van der Waals surface area contributed by atoms with Gasteiger partial charge in [-0.2, -0.15) is 0 Å². The van der Waals surface area contributed by atoms with Gasteiger partial charge in [-0.05, 0) is 35.4 Å². The number of rotatable bonds is 7. The molecule has 1 aliphatic heterocycles. The second-order valence-electron chi connectivity index (χ2n) is 8.36. The Hall–Kier alpha value is -2.12.